The lowest BCUT2D eigenvalue weighted by atomic mass is 10.1. The molecular weight excluding hydrogens is 360 g/mol. The first-order valence-electron chi connectivity index (χ1n) is 5.10. The summed E-state index contributed by atoms with van der Waals surface area (Å²) in [6.07, 6.45) is 0. The van der Waals surface area contributed by atoms with Crippen molar-refractivity contribution in [3.8, 4) is 0 Å². The standard InChI is InChI=1S/C12H9BrCl2FNS/c1-17-12(8-4-5-9(14)18-8)6-2-3-7(13)10(15)11(6)16/h2-5,12,17H,1H3. The molecule has 0 saturated heterocycles. The number of benzene rings is 1. The molecule has 0 bridgehead atoms. The molecule has 96 valence electrons. The maximum Gasteiger partial charge on any atom is 0.148 e. The highest BCUT2D eigenvalue weighted by Crippen LogP contribution is 2.35. The van der Waals surface area contributed by atoms with Gasteiger partial charge in [0.15, 0.2) is 0 Å². The van der Waals surface area contributed by atoms with E-state index in [-0.39, 0.29) is 11.1 Å². The Balaban J connectivity index is 2.49. The van der Waals surface area contributed by atoms with Gasteiger partial charge in [-0.1, -0.05) is 29.3 Å². The van der Waals surface area contributed by atoms with Gasteiger partial charge in [-0.25, -0.2) is 4.39 Å². The SMILES string of the molecule is CNC(c1ccc(Cl)s1)c1ccc(Br)c(Cl)c1F. The average molecular weight is 369 g/mol. The molecule has 0 spiro atoms. The molecule has 2 aromatic rings. The molecule has 2 rings (SSSR count). The van der Waals surface area contributed by atoms with Gasteiger partial charge in [0.2, 0.25) is 0 Å². The maximum atomic E-state index is 14.2. The lowest BCUT2D eigenvalue weighted by Crippen LogP contribution is -2.18. The molecule has 1 nitrogen and oxygen atoms in total. The van der Waals surface area contributed by atoms with Crippen molar-refractivity contribution in [1.29, 1.82) is 0 Å². The van der Waals surface area contributed by atoms with E-state index in [1.807, 2.05) is 6.07 Å². The average Bonchev–Trinajstić information content (AvgIpc) is 2.77. The van der Waals surface area contributed by atoms with Crippen LogP contribution < -0.4 is 5.32 Å². The van der Waals surface area contributed by atoms with Crippen molar-refractivity contribution >= 4 is 50.5 Å². The highest BCUT2D eigenvalue weighted by atomic mass is 79.9. The van der Waals surface area contributed by atoms with Crippen LogP contribution in [0.25, 0.3) is 0 Å². The Morgan fingerprint density at radius 3 is 2.56 bits per heavy atom. The summed E-state index contributed by atoms with van der Waals surface area (Å²) < 4.78 is 15.4. The maximum absolute atomic E-state index is 14.2. The molecule has 0 aliphatic heterocycles. The number of rotatable bonds is 3. The van der Waals surface area contributed by atoms with Gasteiger partial charge in [-0.15, -0.1) is 11.3 Å². The molecule has 6 heteroatoms. The molecule has 1 N–H and O–H groups in total. The summed E-state index contributed by atoms with van der Waals surface area (Å²) in [6, 6.07) is 6.86. The normalized spacial score (nSPS) is 12.7. The predicted octanol–water partition coefficient (Wildman–Crippen LogP) is 5.27. The highest BCUT2D eigenvalue weighted by molar-refractivity contribution is 9.10. The monoisotopic (exact) mass is 367 g/mol. The Kier molecular flexibility index (Phi) is 4.67. The number of thiophene rings is 1. The van der Waals surface area contributed by atoms with Crippen molar-refractivity contribution < 1.29 is 4.39 Å². The third-order valence-corrected chi connectivity index (χ3v) is 5.10. The minimum absolute atomic E-state index is 0.0930. The first-order valence-corrected chi connectivity index (χ1v) is 7.47. The topological polar surface area (TPSA) is 12.0 Å². The van der Waals surface area contributed by atoms with E-state index in [4.69, 9.17) is 23.2 Å². The summed E-state index contributed by atoms with van der Waals surface area (Å²) in [4.78, 5) is 0.944. The summed E-state index contributed by atoms with van der Waals surface area (Å²) >= 11 is 16.4. The van der Waals surface area contributed by atoms with Crippen molar-refractivity contribution in [1.82, 2.24) is 5.32 Å². The minimum Gasteiger partial charge on any atom is -0.309 e. The molecule has 0 fully saturated rings. The summed E-state index contributed by atoms with van der Waals surface area (Å²) in [5.41, 5.74) is 0.504. The lowest BCUT2D eigenvalue weighted by molar-refractivity contribution is 0.579. The van der Waals surface area contributed by atoms with Crippen molar-refractivity contribution in [2.24, 2.45) is 0 Å². The Morgan fingerprint density at radius 2 is 2.00 bits per heavy atom. The van der Waals surface area contributed by atoms with Gasteiger partial charge in [-0.2, -0.15) is 0 Å². The van der Waals surface area contributed by atoms with Crippen molar-refractivity contribution in [2.75, 3.05) is 7.05 Å². The molecule has 18 heavy (non-hydrogen) atoms. The number of hydrogen-bond acceptors (Lipinski definition) is 2. The largest absolute Gasteiger partial charge is 0.309 e. The van der Waals surface area contributed by atoms with Gasteiger partial charge in [0.25, 0.3) is 0 Å². The van der Waals surface area contributed by atoms with Crippen LogP contribution in [0.3, 0.4) is 0 Å². The van der Waals surface area contributed by atoms with Gasteiger partial charge in [-0.3, -0.25) is 0 Å². The van der Waals surface area contributed by atoms with E-state index < -0.39 is 5.82 Å². The summed E-state index contributed by atoms with van der Waals surface area (Å²) in [7, 11) is 1.77. The highest BCUT2D eigenvalue weighted by Gasteiger charge is 2.20. The van der Waals surface area contributed by atoms with E-state index in [9.17, 15) is 4.39 Å². The third kappa shape index (κ3) is 2.73. The predicted molar refractivity (Wildman–Crippen MR) is 79.3 cm³/mol. The number of halogens is 4. The fourth-order valence-electron chi connectivity index (χ4n) is 1.70. The Hall–Kier alpha value is -0.130. The second-order valence-corrected chi connectivity index (χ2v) is 6.61. The second-order valence-electron chi connectivity index (χ2n) is 3.63. The lowest BCUT2D eigenvalue weighted by Gasteiger charge is -2.16. The van der Waals surface area contributed by atoms with E-state index in [0.29, 0.717) is 14.4 Å². The molecule has 1 aromatic heterocycles. The van der Waals surface area contributed by atoms with E-state index in [1.54, 1.807) is 25.2 Å². The summed E-state index contributed by atoms with van der Waals surface area (Å²) in [5, 5.41) is 3.17. The molecule has 0 aliphatic carbocycles. The zero-order valence-corrected chi connectivity index (χ0v) is 13.2. The minimum atomic E-state index is -0.421. The van der Waals surface area contributed by atoms with Gasteiger partial charge < -0.3 is 5.32 Å². The van der Waals surface area contributed by atoms with Gasteiger partial charge in [0.1, 0.15) is 5.82 Å². The number of hydrogen-bond donors (Lipinski definition) is 1. The molecule has 1 heterocycles. The molecule has 1 atom stereocenters. The third-order valence-electron chi connectivity index (χ3n) is 2.54. The second kappa shape index (κ2) is 5.88. The van der Waals surface area contributed by atoms with Crippen LogP contribution in [0.5, 0.6) is 0 Å². The molecule has 0 amide bonds. The Bertz CT molecular complexity index is 573. The number of nitrogens with one attached hydrogen (secondary N) is 1. The zero-order valence-electron chi connectivity index (χ0n) is 9.31. The first-order chi connectivity index (χ1) is 8.54. The van der Waals surface area contributed by atoms with Crippen molar-refractivity contribution in [3.05, 3.63) is 54.4 Å². The molecule has 1 unspecified atom stereocenters. The first kappa shape index (κ1) is 14.3. The van der Waals surface area contributed by atoms with Crippen LogP contribution in [0.4, 0.5) is 4.39 Å². The van der Waals surface area contributed by atoms with Crippen molar-refractivity contribution in [3.63, 3.8) is 0 Å². The smallest absolute Gasteiger partial charge is 0.148 e. The molecule has 0 saturated carbocycles. The van der Waals surface area contributed by atoms with E-state index in [0.717, 1.165) is 4.88 Å². The van der Waals surface area contributed by atoms with Gasteiger partial charge >= 0.3 is 0 Å². The van der Waals surface area contributed by atoms with Crippen LogP contribution in [0, 0.1) is 5.82 Å². The van der Waals surface area contributed by atoms with E-state index in [1.165, 1.54) is 11.3 Å². The van der Waals surface area contributed by atoms with E-state index in [2.05, 4.69) is 21.2 Å². The van der Waals surface area contributed by atoms with Crippen LogP contribution in [-0.4, -0.2) is 7.05 Å². The fourth-order valence-corrected chi connectivity index (χ4v) is 3.37. The molecule has 0 aliphatic rings. The summed E-state index contributed by atoms with van der Waals surface area (Å²) in [6.45, 7) is 0. The van der Waals surface area contributed by atoms with Crippen LogP contribution in [0.15, 0.2) is 28.7 Å². The van der Waals surface area contributed by atoms with Crippen LogP contribution in [-0.2, 0) is 0 Å². The zero-order chi connectivity index (χ0) is 13.3. The van der Waals surface area contributed by atoms with Gasteiger partial charge in [-0.05, 0) is 41.2 Å². The van der Waals surface area contributed by atoms with Crippen LogP contribution in [0.2, 0.25) is 9.36 Å². The quantitative estimate of drug-likeness (QED) is 0.728. The Labute approximate surface area is 127 Å². The van der Waals surface area contributed by atoms with Crippen LogP contribution in [0.1, 0.15) is 16.5 Å². The summed E-state index contributed by atoms with van der Waals surface area (Å²) in [5.74, 6) is -0.421. The van der Waals surface area contributed by atoms with Crippen molar-refractivity contribution in [2.45, 2.75) is 6.04 Å². The molecule has 1 aromatic carbocycles. The molecular formula is C12H9BrCl2FNS. The molecule has 0 radical (unpaired) electrons. The Morgan fingerprint density at radius 1 is 1.28 bits per heavy atom. The van der Waals surface area contributed by atoms with Gasteiger partial charge in [0.05, 0.1) is 15.4 Å². The fraction of sp³-hybridized carbons (Fsp3) is 0.167. The van der Waals surface area contributed by atoms with Gasteiger partial charge in [0, 0.05) is 14.9 Å². The van der Waals surface area contributed by atoms with E-state index >= 15 is 0 Å². The van der Waals surface area contributed by atoms with Crippen LogP contribution >= 0.6 is 50.5 Å².